The first-order valence-electron chi connectivity index (χ1n) is 5.11. The molecule has 0 aliphatic rings. The molecule has 0 aliphatic heterocycles. The average Bonchev–Trinajstić information content (AvgIpc) is 2.28. The fourth-order valence-electron chi connectivity index (χ4n) is 0.897. The van der Waals surface area contributed by atoms with Crippen molar-refractivity contribution in [2.45, 2.75) is 32.7 Å². The van der Waals surface area contributed by atoms with Crippen LogP contribution in [0.1, 0.15) is 20.8 Å². The third kappa shape index (κ3) is 4.59. The van der Waals surface area contributed by atoms with Gasteiger partial charge in [-0.25, -0.2) is 4.79 Å². The number of allylic oxidation sites excluding steroid dienone is 3. The Bertz CT molecular complexity index is 264. The molecule has 0 fully saturated rings. The van der Waals surface area contributed by atoms with Crippen LogP contribution in [-0.4, -0.2) is 32.1 Å². The monoisotopic (exact) mass is 228 g/mol. The number of methoxy groups -OCH3 is 2. The van der Waals surface area contributed by atoms with E-state index < -0.39 is 11.8 Å². The molecule has 0 bridgehead atoms. The molecule has 1 atom stereocenters. The summed E-state index contributed by atoms with van der Waals surface area (Å²) in [6, 6.07) is 0. The number of esters is 1. The molecule has 0 N–H and O–H groups in total. The maximum absolute atomic E-state index is 11.6. The Morgan fingerprint density at radius 2 is 1.81 bits per heavy atom. The van der Waals surface area contributed by atoms with E-state index in [1.54, 1.807) is 13.0 Å². The predicted molar refractivity (Wildman–Crippen MR) is 61.9 cm³/mol. The minimum absolute atomic E-state index is 0.326. The largest absolute Gasteiger partial charge is 0.454 e. The van der Waals surface area contributed by atoms with Crippen molar-refractivity contribution in [2.75, 3.05) is 14.2 Å². The molecule has 0 aromatic carbocycles. The van der Waals surface area contributed by atoms with E-state index in [9.17, 15) is 4.79 Å². The molecular formula is C12H20O4. The van der Waals surface area contributed by atoms with E-state index in [1.807, 2.05) is 25.2 Å². The van der Waals surface area contributed by atoms with Crippen LogP contribution >= 0.6 is 0 Å². The molecule has 92 valence electrons. The maximum Gasteiger partial charge on any atom is 0.367 e. The Balaban J connectivity index is 4.33. The maximum atomic E-state index is 11.6. The van der Waals surface area contributed by atoms with Gasteiger partial charge in [0.1, 0.15) is 6.10 Å². The van der Waals surface area contributed by atoms with Crippen LogP contribution in [0, 0.1) is 0 Å². The normalized spacial score (nSPS) is 14.6. The lowest BCUT2D eigenvalue weighted by atomic mass is 10.3. The molecule has 1 unspecified atom stereocenters. The Labute approximate surface area is 96.9 Å². The van der Waals surface area contributed by atoms with Gasteiger partial charge in [0, 0.05) is 21.1 Å². The molecule has 16 heavy (non-hydrogen) atoms. The molecule has 0 spiro atoms. The molecule has 0 saturated carbocycles. The lowest BCUT2D eigenvalue weighted by molar-refractivity contribution is -0.224. The van der Waals surface area contributed by atoms with Gasteiger partial charge in [0.2, 0.25) is 0 Å². The van der Waals surface area contributed by atoms with Crippen molar-refractivity contribution in [3.8, 4) is 0 Å². The summed E-state index contributed by atoms with van der Waals surface area (Å²) < 4.78 is 15.0. The number of rotatable bonds is 6. The van der Waals surface area contributed by atoms with Gasteiger partial charge in [-0.3, -0.25) is 0 Å². The van der Waals surface area contributed by atoms with Crippen molar-refractivity contribution < 1.29 is 19.0 Å². The van der Waals surface area contributed by atoms with Crippen LogP contribution in [0.4, 0.5) is 0 Å². The van der Waals surface area contributed by atoms with Crippen LogP contribution < -0.4 is 0 Å². The van der Waals surface area contributed by atoms with Crippen LogP contribution in [-0.2, 0) is 19.0 Å². The van der Waals surface area contributed by atoms with Crippen LogP contribution in [0.25, 0.3) is 0 Å². The van der Waals surface area contributed by atoms with Crippen molar-refractivity contribution in [2.24, 2.45) is 0 Å². The average molecular weight is 228 g/mol. The third-order valence-electron chi connectivity index (χ3n) is 2.13. The van der Waals surface area contributed by atoms with Crippen LogP contribution in [0.5, 0.6) is 0 Å². The highest BCUT2D eigenvalue weighted by atomic mass is 16.7. The Hall–Kier alpha value is -1.13. The summed E-state index contributed by atoms with van der Waals surface area (Å²) in [6.07, 6.45) is 7.00. The van der Waals surface area contributed by atoms with Gasteiger partial charge in [-0.05, 0) is 19.9 Å². The first-order chi connectivity index (χ1) is 7.50. The van der Waals surface area contributed by atoms with Crippen molar-refractivity contribution in [1.82, 2.24) is 0 Å². The molecule has 0 aromatic rings. The Morgan fingerprint density at radius 1 is 1.25 bits per heavy atom. The molecule has 0 aliphatic carbocycles. The SMILES string of the molecule is C/C=C/C=C/C(C)OC(=O)C(C)(OC)OC. The van der Waals surface area contributed by atoms with Gasteiger partial charge < -0.3 is 14.2 Å². The fourth-order valence-corrected chi connectivity index (χ4v) is 0.897. The highest BCUT2D eigenvalue weighted by Crippen LogP contribution is 2.13. The predicted octanol–water partition coefficient (Wildman–Crippen LogP) is 2.06. The second kappa shape index (κ2) is 7.19. The zero-order valence-corrected chi connectivity index (χ0v) is 10.5. The number of carbonyl (C=O) groups excluding carboxylic acids is 1. The Kier molecular flexibility index (Phi) is 6.69. The topological polar surface area (TPSA) is 44.8 Å². The van der Waals surface area contributed by atoms with Crippen LogP contribution in [0.15, 0.2) is 24.3 Å². The van der Waals surface area contributed by atoms with Crippen LogP contribution in [0.2, 0.25) is 0 Å². The van der Waals surface area contributed by atoms with Gasteiger partial charge in [-0.15, -0.1) is 0 Å². The molecule has 4 nitrogen and oxygen atoms in total. The zero-order chi connectivity index (χ0) is 12.6. The van der Waals surface area contributed by atoms with Gasteiger partial charge in [-0.2, -0.15) is 0 Å². The van der Waals surface area contributed by atoms with Gasteiger partial charge in [0.25, 0.3) is 5.79 Å². The van der Waals surface area contributed by atoms with E-state index in [4.69, 9.17) is 14.2 Å². The minimum Gasteiger partial charge on any atom is -0.454 e. The molecule has 0 heterocycles. The second-order valence-corrected chi connectivity index (χ2v) is 3.38. The number of carbonyl (C=O) groups is 1. The third-order valence-corrected chi connectivity index (χ3v) is 2.13. The Morgan fingerprint density at radius 3 is 2.25 bits per heavy atom. The summed E-state index contributed by atoms with van der Waals surface area (Å²) >= 11 is 0. The summed E-state index contributed by atoms with van der Waals surface area (Å²) in [5, 5.41) is 0. The van der Waals surface area contributed by atoms with E-state index in [1.165, 1.54) is 21.1 Å². The number of ether oxygens (including phenoxy) is 3. The van der Waals surface area contributed by atoms with E-state index in [2.05, 4.69) is 0 Å². The molecule has 0 saturated heterocycles. The zero-order valence-electron chi connectivity index (χ0n) is 10.5. The molecule has 0 radical (unpaired) electrons. The van der Waals surface area contributed by atoms with Gasteiger partial charge in [0.05, 0.1) is 0 Å². The quantitative estimate of drug-likeness (QED) is 0.396. The first-order valence-corrected chi connectivity index (χ1v) is 5.11. The van der Waals surface area contributed by atoms with Crippen molar-refractivity contribution >= 4 is 5.97 Å². The summed E-state index contributed by atoms with van der Waals surface area (Å²) in [4.78, 5) is 11.6. The molecule has 0 rings (SSSR count). The summed E-state index contributed by atoms with van der Waals surface area (Å²) in [7, 11) is 2.79. The van der Waals surface area contributed by atoms with Gasteiger partial charge >= 0.3 is 5.97 Å². The van der Waals surface area contributed by atoms with Gasteiger partial charge in [-0.1, -0.05) is 18.2 Å². The second-order valence-electron chi connectivity index (χ2n) is 3.38. The van der Waals surface area contributed by atoms with Crippen LogP contribution in [0.3, 0.4) is 0 Å². The van der Waals surface area contributed by atoms with Crippen molar-refractivity contribution in [1.29, 1.82) is 0 Å². The van der Waals surface area contributed by atoms with E-state index in [0.29, 0.717) is 0 Å². The minimum atomic E-state index is -1.34. The first kappa shape index (κ1) is 14.9. The lowest BCUT2D eigenvalue weighted by Crippen LogP contribution is -2.42. The van der Waals surface area contributed by atoms with Gasteiger partial charge in [0.15, 0.2) is 0 Å². The molecule has 0 amide bonds. The highest BCUT2D eigenvalue weighted by molar-refractivity contribution is 5.77. The van der Waals surface area contributed by atoms with E-state index in [0.717, 1.165) is 0 Å². The van der Waals surface area contributed by atoms with Crippen molar-refractivity contribution in [3.05, 3.63) is 24.3 Å². The number of hydrogen-bond donors (Lipinski definition) is 0. The molecule has 4 heteroatoms. The number of hydrogen-bond acceptors (Lipinski definition) is 4. The fraction of sp³-hybridized carbons (Fsp3) is 0.583. The highest BCUT2D eigenvalue weighted by Gasteiger charge is 2.35. The van der Waals surface area contributed by atoms with E-state index in [-0.39, 0.29) is 6.10 Å². The summed E-state index contributed by atoms with van der Waals surface area (Å²) in [5.41, 5.74) is 0. The lowest BCUT2D eigenvalue weighted by Gasteiger charge is -2.24. The smallest absolute Gasteiger partial charge is 0.367 e. The summed E-state index contributed by atoms with van der Waals surface area (Å²) in [5.74, 6) is -1.89. The standard InChI is InChI=1S/C12H20O4/c1-6-7-8-9-10(2)16-11(13)12(3,14-4)15-5/h6-10H,1-5H3/b7-6+,9-8+. The van der Waals surface area contributed by atoms with Crippen molar-refractivity contribution in [3.63, 3.8) is 0 Å². The molecule has 0 aromatic heterocycles. The van der Waals surface area contributed by atoms with E-state index >= 15 is 0 Å². The molecular weight excluding hydrogens is 208 g/mol. The summed E-state index contributed by atoms with van der Waals surface area (Å²) in [6.45, 7) is 5.19.